The van der Waals surface area contributed by atoms with Gasteiger partial charge >= 0.3 is 0 Å². The Labute approximate surface area is 97.5 Å². The van der Waals surface area contributed by atoms with E-state index in [0.717, 1.165) is 6.42 Å². The predicted octanol–water partition coefficient (Wildman–Crippen LogP) is 1.23. The highest BCUT2D eigenvalue weighted by Crippen LogP contribution is 1.97. The predicted molar refractivity (Wildman–Crippen MR) is 64.9 cm³/mol. The largest absolute Gasteiger partial charge is 0.356 e. The quantitative estimate of drug-likeness (QED) is 0.612. The number of amides is 2. The van der Waals surface area contributed by atoms with Gasteiger partial charge in [-0.2, -0.15) is 0 Å². The minimum absolute atomic E-state index is 0.0607. The fraction of sp³-hybridized carbons (Fsp3) is 0.667. The van der Waals surface area contributed by atoms with E-state index in [9.17, 15) is 9.59 Å². The fourth-order valence-electron chi connectivity index (χ4n) is 1.09. The standard InChI is InChI=1S/C12H22N2O2/c1-4-8-13-11(15)5-6-12(16)14-9-7-10(2)3/h4,10H,1,5-9H2,2-3H3,(H,13,15)(H,14,16). The first-order chi connectivity index (χ1) is 7.56. The number of carbonyl (C=O) groups is 2. The molecule has 0 saturated heterocycles. The Morgan fingerprint density at radius 2 is 1.75 bits per heavy atom. The highest BCUT2D eigenvalue weighted by Gasteiger charge is 2.05. The van der Waals surface area contributed by atoms with Crippen LogP contribution in [0.15, 0.2) is 12.7 Å². The summed E-state index contributed by atoms with van der Waals surface area (Å²) >= 11 is 0. The second-order valence-corrected chi connectivity index (χ2v) is 4.13. The third kappa shape index (κ3) is 9.24. The van der Waals surface area contributed by atoms with Gasteiger partial charge in [0.1, 0.15) is 0 Å². The highest BCUT2D eigenvalue weighted by atomic mass is 16.2. The van der Waals surface area contributed by atoms with E-state index in [0.29, 0.717) is 19.0 Å². The highest BCUT2D eigenvalue weighted by molar-refractivity contribution is 5.83. The molecule has 0 bridgehead atoms. The zero-order valence-electron chi connectivity index (χ0n) is 10.2. The van der Waals surface area contributed by atoms with Crippen LogP contribution in [-0.2, 0) is 9.59 Å². The molecule has 0 aromatic heterocycles. The molecule has 0 fully saturated rings. The molecule has 0 aromatic rings. The zero-order chi connectivity index (χ0) is 12.4. The third-order valence-electron chi connectivity index (χ3n) is 2.07. The second kappa shape index (κ2) is 8.95. The molecule has 16 heavy (non-hydrogen) atoms. The molecular formula is C12H22N2O2. The molecule has 4 heteroatoms. The van der Waals surface area contributed by atoms with E-state index in [4.69, 9.17) is 0 Å². The summed E-state index contributed by atoms with van der Waals surface area (Å²) in [6.07, 6.45) is 3.07. The van der Waals surface area contributed by atoms with Gasteiger partial charge < -0.3 is 10.6 Å². The van der Waals surface area contributed by atoms with Crippen LogP contribution >= 0.6 is 0 Å². The molecule has 0 spiro atoms. The Bertz CT molecular complexity index is 237. The van der Waals surface area contributed by atoms with Crippen LogP contribution in [0.3, 0.4) is 0 Å². The minimum Gasteiger partial charge on any atom is -0.356 e. The summed E-state index contributed by atoms with van der Waals surface area (Å²) in [6, 6.07) is 0. The first kappa shape index (κ1) is 14.7. The fourth-order valence-corrected chi connectivity index (χ4v) is 1.09. The van der Waals surface area contributed by atoms with E-state index in [1.54, 1.807) is 6.08 Å². The van der Waals surface area contributed by atoms with Gasteiger partial charge in [0.05, 0.1) is 0 Å². The third-order valence-corrected chi connectivity index (χ3v) is 2.07. The molecule has 2 amide bonds. The molecule has 4 nitrogen and oxygen atoms in total. The Kier molecular flexibility index (Phi) is 8.21. The Morgan fingerprint density at radius 3 is 2.25 bits per heavy atom. The number of rotatable bonds is 8. The minimum atomic E-state index is -0.112. The molecule has 2 N–H and O–H groups in total. The summed E-state index contributed by atoms with van der Waals surface area (Å²) in [6.45, 7) is 8.84. The Morgan fingerprint density at radius 1 is 1.19 bits per heavy atom. The van der Waals surface area contributed by atoms with E-state index in [-0.39, 0.29) is 24.7 Å². The molecule has 0 aliphatic heterocycles. The van der Waals surface area contributed by atoms with Crippen molar-refractivity contribution in [2.75, 3.05) is 13.1 Å². The maximum Gasteiger partial charge on any atom is 0.220 e. The summed E-state index contributed by atoms with van der Waals surface area (Å²) in [5.41, 5.74) is 0. The maximum absolute atomic E-state index is 11.3. The van der Waals surface area contributed by atoms with Crippen molar-refractivity contribution in [3.05, 3.63) is 12.7 Å². The Hall–Kier alpha value is -1.32. The molecule has 0 rings (SSSR count). The summed E-state index contributed by atoms with van der Waals surface area (Å²) < 4.78 is 0. The van der Waals surface area contributed by atoms with Crippen molar-refractivity contribution in [2.45, 2.75) is 33.1 Å². The molecule has 92 valence electrons. The van der Waals surface area contributed by atoms with Gasteiger partial charge in [0.2, 0.25) is 11.8 Å². The number of nitrogens with one attached hydrogen (secondary N) is 2. The molecule has 0 heterocycles. The van der Waals surface area contributed by atoms with Crippen molar-refractivity contribution in [3.8, 4) is 0 Å². The van der Waals surface area contributed by atoms with E-state index < -0.39 is 0 Å². The molecule has 0 aliphatic carbocycles. The van der Waals surface area contributed by atoms with Crippen LogP contribution in [0.2, 0.25) is 0 Å². The smallest absolute Gasteiger partial charge is 0.220 e. The van der Waals surface area contributed by atoms with Crippen LogP contribution in [-0.4, -0.2) is 24.9 Å². The number of hydrogen-bond donors (Lipinski definition) is 2. The summed E-state index contributed by atoms with van der Waals surface area (Å²) in [7, 11) is 0. The summed E-state index contributed by atoms with van der Waals surface area (Å²) in [4.78, 5) is 22.4. The molecule has 0 aromatic carbocycles. The van der Waals surface area contributed by atoms with E-state index >= 15 is 0 Å². The summed E-state index contributed by atoms with van der Waals surface area (Å²) in [5.74, 6) is 0.407. The zero-order valence-corrected chi connectivity index (χ0v) is 10.2. The second-order valence-electron chi connectivity index (χ2n) is 4.13. The number of hydrogen-bond acceptors (Lipinski definition) is 2. The molecule has 0 unspecified atom stereocenters. The molecule has 0 radical (unpaired) electrons. The van der Waals surface area contributed by atoms with Gasteiger partial charge in [-0.3, -0.25) is 9.59 Å². The van der Waals surface area contributed by atoms with Gasteiger partial charge in [-0.1, -0.05) is 19.9 Å². The van der Waals surface area contributed by atoms with Crippen LogP contribution < -0.4 is 10.6 Å². The van der Waals surface area contributed by atoms with Crippen molar-refractivity contribution in [1.82, 2.24) is 10.6 Å². The van der Waals surface area contributed by atoms with E-state index in [1.165, 1.54) is 0 Å². The molecule has 0 aliphatic rings. The lowest BCUT2D eigenvalue weighted by atomic mass is 10.1. The monoisotopic (exact) mass is 226 g/mol. The topological polar surface area (TPSA) is 58.2 Å². The number of carbonyl (C=O) groups excluding carboxylic acids is 2. The van der Waals surface area contributed by atoms with Crippen LogP contribution in [0, 0.1) is 5.92 Å². The van der Waals surface area contributed by atoms with Crippen molar-refractivity contribution >= 4 is 11.8 Å². The Balaban J connectivity index is 3.49. The van der Waals surface area contributed by atoms with Crippen LogP contribution in [0.1, 0.15) is 33.1 Å². The lowest BCUT2D eigenvalue weighted by Crippen LogP contribution is -2.28. The first-order valence-corrected chi connectivity index (χ1v) is 5.70. The van der Waals surface area contributed by atoms with Gasteiger partial charge in [0.25, 0.3) is 0 Å². The van der Waals surface area contributed by atoms with Gasteiger partial charge in [0.15, 0.2) is 0 Å². The van der Waals surface area contributed by atoms with Gasteiger partial charge in [0, 0.05) is 25.9 Å². The normalized spacial score (nSPS) is 9.94. The van der Waals surface area contributed by atoms with Crippen molar-refractivity contribution < 1.29 is 9.59 Å². The average Bonchev–Trinajstić information content (AvgIpc) is 2.23. The van der Waals surface area contributed by atoms with Crippen molar-refractivity contribution in [3.63, 3.8) is 0 Å². The lowest BCUT2D eigenvalue weighted by Gasteiger charge is -2.07. The maximum atomic E-state index is 11.3. The van der Waals surface area contributed by atoms with Gasteiger partial charge in [-0.25, -0.2) is 0 Å². The van der Waals surface area contributed by atoms with E-state index in [1.807, 2.05) is 0 Å². The van der Waals surface area contributed by atoms with Gasteiger partial charge in [-0.15, -0.1) is 6.58 Å². The summed E-state index contributed by atoms with van der Waals surface area (Å²) in [5, 5.41) is 5.41. The van der Waals surface area contributed by atoms with Crippen molar-refractivity contribution in [2.24, 2.45) is 5.92 Å². The SMILES string of the molecule is C=CCNC(=O)CCC(=O)NCCC(C)C. The lowest BCUT2D eigenvalue weighted by molar-refractivity contribution is -0.126. The molecule has 0 saturated carbocycles. The van der Waals surface area contributed by atoms with Crippen molar-refractivity contribution in [1.29, 1.82) is 0 Å². The van der Waals surface area contributed by atoms with Crippen LogP contribution in [0.25, 0.3) is 0 Å². The first-order valence-electron chi connectivity index (χ1n) is 5.70. The van der Waals surface area contributed by atoms with Crippen LogP contribution in [0.4, 0.5) is 0 Å². The average molecular weight is 226 g/mol. The van der Waals surface area contributed by atoms with Gasteiger partial charge in [-0.05, 0) is 12.3 Å². The molecular weight excluding hydrogens is 204 g/mol. The van der Waals surface area contributed by atoms with Crippen LogP contribution in [0.5, 0.6) is 0 Å². The molecule has 0 atom stereocenters. The van der Waals surface area contributed by atoms with E-state index in [2.05, 4.69) is 31.1 Å².